The molecule has 1 saturated heterocycles. The van der Waals surface area contributed by atoms with E-state index < -0.39 is 0 Å². The molecule has 10 heteroatoms. The van der Waals surface area contributed by atoms with E-state index in [1.165, 1.54) is 11.3 Å². The van der Waals surface area contributed by atoms with Crippen molar-refractivity contribution in [2.24, 2.45) is 5.10 Å². The Hall–Kier alpha value is -3.14. The average Bonchev–Trinajstić information content (AvgIpc) is 3.48. The van der Waals surface area contributed by atoms with E-state index in [0.29, 0.717) is 32.5 Å². The van der Waals surface area contributed by atoms with Crippen LogP contribution < -0.4 is 15.2 Å². The number of hydrogen-bond donors (Lipinski definition) is 1. The van der Waals surface area contributed by atoms with Crippen molar-refractivity contribution in [3.63, 3.8) is 0 Å². The van der Waals surface area contributed by atoms with Crippen LogP contribution in [0.15, 0.2) is 40.9 Å². The zero-order chi connectivity index (χ0) is 22.1. The first-order chi connectivity index (χ1) is 15.7. The first-order valence-corrected chi connectivity index (χ1v) is 12.0. The van der Waals surface area contributed by atoms with Crippen LogP contribution in [0.3, 0.4) is 0 Å². The Balaban J connectivity index is 1.20. The van der Waals surface area contributed by atoms with E-state index in [1.54, 1.807) is 6.20 Å². The second-order valence-electron chi connectivity index (χ2n) is 8.09. The van der Waals surface area contributed by atoms with Crippen LogP contribution >= 0.6 is 11.3 Å². The molecule has 0 spiro atoms. The van der Waals surface area contributed by atoms with Gasteiger partial charge in [0.05, 0.1) is 5.69 Å². The summed E-state index contributed by atoms with van der Waals surface area (Å²) >= 11 is 1.46. The minimum atomic E-state index is -0.309. The zero-order valence-electron chi connectivity index (χ0n) is 18.1. The van der Waals surface area contributed by atoms with Gasteiger partial charge in [-0.3, -0.25) is 24.8 Å². The van der Waals surface area contributed by atoms with Gasteiger partial charge in [0.2, 0.25) is 12.2 Å². The number of anilines is 2. The van der Waals surface area contributed by atoms with Gasteiger partial charge >= 0.3 is 0 Å². The number of rotatable bonds is 6. The fourth-order valence-corrected chi connectivity index (χ4v) is 5.34. The molecule has 2 amide bonds. The minimum Gasteiger partial charge on any atom is -0.353 e. The van der Waals surface area contributed by atoms with Crippen LogP contribution in [0.1, 0.15) is 35.9 Å². The molecule has 1 atom stereocenters. The third-order valence-electron chi connectivity index (χ3n) is 6.12. The van der Waals surface area contributed by atoms with Gasteiger partial charge in [-0.2, -0.15) is 5.10 Å². The van der Waals surface area contributed by atoms with Crippen molar-refractivity contribution in [2.45, 2.75) is 32.5 Å². The molecule has 2 aromatic heterocycles. The summed E-state index contributed by atoms with van der Waals surface area (Å²) < 4.78 is 0. The molecule has 0 aromatic carbocycles. The van der Waals surface area contributed by atoms with Crippen molar-refractivity contribution in [2.75, 3.05) is 42.5 Å². The van der Waals surface area contributed by atoms with Crippen LogP contribution in [0.5, 0.6) is 0 Å². The number of carbonyl (C=O) groups is 2. The third kappa shape index (κ3) is 3.68. The Morgan fingerprint density at radius 3 is 2.81 bits per heavy atom. The van der Waals surface area contributed by atoms with Crippen molar-refractivity contribution in [3.8, 4) is 0 Å². The predicted octanol–water partition coefficient (Wildman–Crippen LogP) is 2.14. The SMILES string of the molecule is CCCN1C(=O)c2sccc2N2C(CCC(=O)N3CCN(c4ccccn4)CC3)=NNC12. The van der Waals surface area contributed by atoms with Gasteiger partial charge in [0.15, 0.2) is 0 Å². The van der Waals surface area contributed by atoms with E-state index in [-0.39, 0.29) is 18.1 Å². The summed E-state index contributed by atoms with van der Waals surface area (Å²) in [6.07, 6.45) is 3.29. The molecule has 0 bridgehead atoms. The predicted molar refractivity (Wildman–Crippen MR) is 125 cm³/mol. The van der Waals surface area contributed by atoms with Crippen molar-refractivity contribution < 1.29 is 9.59 Å². The Morgan fingerprint density at radius 1 is 1.22 bits per heavy atom. The lowest BCUT2D eigenvalue weighted by atomic mass is 10.1. The highest BCUT2D eigenvalue weighted by molar-refractivity contribution is 7.12. The molecule has 9 nitrogen and oxygen atoms in total. The normalized spacial score (nSPS) is 20.1. The van der Waals surface area contributed by atoms with Crippen LogP contribution in [0.2, 0.25) is 0 Å². The highest BCUT2D eigenvalue weighted by atomic mass is 32.1. The lowest BCUT2D eigenvalue weighted by Crippen LogP contribution is -2.58. The molecular weight excluding hydrogens is 426 g/mol. The molecule has 3 aliphatic heterocycles. The highest BCUT2D eigenvalue weighted by Crippen LogP contribution is 2.36. The number of hydrogen-bond acceptors (Lipinski definition) is 8. The van der Waals surface area contributed by atoms with Crippen molar-refractivity contribution in [1.82, 2.24) is 20.2 Å². The number of fused-ring (bicyclic) bond motifs is 3. The van der Waals surface area contributed by atoms with E-state index >= 15 is 0 Å². The summed E-state index contributed by atoms with van der Waals surface area (Å²) in [5, 5.41) is 6.45. The molecule has 3 aliphatic rings. The second kappa shape index (κ2) is 8.78. The van der Waals surface area contributed by atoms with Gasteiger partial charge < -0.3 is 9.80 Å². The molecule has 0 saturated carbocycles. The van der Waals surface area contributed by atoms with Crippen LogP contribution in [0, 0.1) is 0 Å². The fraction of sp³-hybridized carbons (Fsp3) is 0.455. The van der Waals surface area contributed by atoms with Crippen LogP contribution in [0.4, 0.5) is 11.5 Å². The van der Waals surface area contributed by atoms with Gasteiger partial charge in [0.25, 0.3) is 5.91 Å². The number of hydrazone groups is 1. The first-order valence-electron chi connectivity index (χ1n) is 11.1. The Labute approximate surface area is 191 Å². The Kier molecular flexibility index (Phi) is 5.69. The van der Waals surface area contributed by atoms with Crippen LogP contribution in [-0.4, -0.2) is 71.4 Å². The number of nitrogens with one attached hydrogen (secondary N) is 1. The molecule has 5 rings (SSSR count). The van der Waals surface area contributed by atoms with Crippen LogP contribution in [-0.2, 0) is 4.79 Å². The molecule has 0 radical (unpaired) electrons. The second-order valence-corrected chi connectivity index (χ2v) is 9.01. The molecule has 1 unspecified atom stereocenters. The Bertz CT molecular complexity index is 1020. The summed E-state index contributed by atoms with van der Waals surface area (Å²) in [4.78, 5) is 39.0. The quantitative estimate of drug-likeness (QED) is 0.722. The van der Waals surface area contributed by atoms with Gasteiger partial charge in [-0.05, 0) is 30.0 Å². The number of amidine groups is 1. The summed E-state index contributed by atoms with van der Waals surface area (Å²) in [5.74, 6) is 1.95. The van der Waals surface area contributed by atoms with Gasteiger partial charge in [0.1, 0.15) is 16.5 Å². The number of piperazine rings is 1. The smallest absolute Gasteiger partial charge is 0.269 e. The molecule has 2 aromatic rings. The topological polar surface area (TPSA) is 84.4 Å². The summed E-state index contributed by atoms with van der Waals surface area (Å²) in [5.41, 5.74) is 4.00. The largest absolute Gasteiger partial charge is 0.353 e. The maximum atomic E-state index is 12.9. The number of carbonyl (C=O) groups excluding carboxylic acids is 2. The summed E-state index contributed by atoms with van der Waals surface area (Å²) in [6.45, 7) is 5.68. The molecule has 32 heavy (non-hydrogen) atoms. The van der Waals surface area contributed by atoms with E-state index in [9.17, 15) is 9.59 Å². The Morgan fingerprint density at radius 2 is 2.06 bits per heavy atom. The standard InChI is InChI=1S/C22H27N7O2S/c1-2-10-28-21(31)20-16(8-15-32-20)29-18(24-25-22(28)29)6-7-19(30)27-13-11-26(12-14-27)17-5-3-4-9-23-17/h3-5,8-9,15,22,25H,2,6-7,10-14H2,1H3. The number of aromatic nitrogens is 1. The molecule has 1 N–H and O–H groups in total. The number of pyridine rings is 1. The monoisotopic (exact) mass is 453 g/mol. The highest BCUT2D eigenvalue weighted by Gasteiger charge is 2.43. The molecule has 1 fully saturated rings. The maximum absolute atomic E-state index is 12.9. The van der Waals surface area contributed by atoms with Gasteiger partial charge in [-0.25, -0.2) is 4.98 Å². The van der Waals surface area contributed by atoms with E-state index in [2.05, 4.69) is 32.2 Å². The number of thiophene rings is 1. The van der Waals surface area contributed by atoms with Crippen molar-refractivity contribution in [3.05, 3.63) is 40.7 Å². The lowest BCUT2D eigenvalue weighted by Gasteiger charge is -2.39. The number of amides is 2. The minimum absolute atomic E-state index is 0.0453. The van der Waals surface area contributed by atoms with Gasteiger partial charge in [-0.15, -0.1) is 11.3 Å². The van der Waals surface area contributed by atoms with E-state index in [0.717, 1.165) is 41.7 Å². The number of nitrogens with zero attached hydrogens (tertiary/aromatic N) is 6. The zero-order valence-corrected chi connectivity index (χ0v) is 18.9. The summed E-state index contributed by atoms with van der Waals surface area (Å²) in [6, 6.07) is 7.86. The molecular formula is C22H27N7O2S. The van der Waals surface area contributed by atoms with Gasteiger partial charge in [-0.1, -0.05) is 13.0 Å². The van der Waals surface area contributed by atoms with Crippen molar-refractivity contribution in [1.29, 1.82) is 0 Å². The molecule has 5 heterocycles. The average molecular weight is 454 g/mol. The van der Waals surface area contributed by atoms with Crippen LogP contribution in [0.25, 0.3) is 0 Å². The summed E-state index contributed by atoms with van der Waals surface area (Å²) in [7, 11) is 0. The van der Waals surface area contributed by atoms with E-state index in [4.69, 9.17) is 0 Å². The molecule has 168 valence electrons. The molecule has 0 aliphatic carbocycles. The maximum Gasteiger partial charge on any atom is 0.269 e. The first kappa shape index (κ1) is 20.7. The van der Waals surface area contributed by atoms with E-state index in [1.807, 2.05) is 39.4 Å². The fourth-order valence-electron chi connectivity index (χ4n) is 4.50. The van der Waals surface area contributed by atoms with Gasteiger partial charge in [0, 0.05) is 51.8 Å². The third-order valence-corrected chi connectivity index (χ3v) is 7.01. The lowest BCUT2D eigenvalue weighted by molar-refractivity contribution is -0.131. The van der Waals surface area contributed by atoms with Crippen molar-refractivity contribution >= 4 is 40.5 Å².